The van der Waals surface area contributed by atoms with Gasteiger partial charge in [-0.05, 0) is 52.3 Å². The second-order valence-electron chi connectivity index (χ2n) is 10.0. The van der Waals surface area contributed by atoms with Crippen LogP contribution in [-0.4, -0.2) is 84.1 Å². The van der Waals surface area contributed by atoms with Gasteiger partial charge in [0.15, 0.2) is 0 Å². The van der Waals surface area contributed by atoms with E-state index in [-0.39, 0.29) is 30.2 Å². The molecule has 0 unspecified atom stereocenters. The van der Waals surface area contributed by atoms with Crippen molar-refractivity contribution in [2.45, 2.75) is 52.2 Å². The van der Waals surface area contributed by atoms with Crippen LogP contribution >= 0.6 is 0 Å². The molecule has 1 saturated heterocycles. The number of carbonyl (C=O) groups excluding carboxylic acids is 3. The standard InChI is InChI=1S/C25H36FN5O4/c1-7-35-22(32)20-19(29(6)23(33)27-21(20)17-8-10-18(26)11-9-17)15-30-12-13-31(16(2)14-30)24(34)28-25(3,4)5/h8-11,16,21H,7,12-15H2,1-6H3,(H,27,33)(H,28,34)/t16-,21+/m1/s1. The van der Waals surface area contributed by atoms with Crippen LogP contribution in [0, 0.1) is 5.82 Å². The Kier molecular flexibility index (Phi) is 8.04. The van der Waals surface area contributed by atoms with Gasteiger partial charge in [0.25, 0.3) is 0 Å². The lowest BCUT2D eigenvalue weighted by Crippen LogP contribution is -2.59. The Morgan fingerprint density at radius 1 is 1.20 bits per heavy atom. The Balaban J connectivity index is 1.88. The molecule has 2 N–H and O–H groups in total. The third-order valence-electron chi connectivity index (χ3n) is 6.10. The van der Waals surface area contributed by atoms with E-state index in [1.807, 2.05) is 27.7 Å². The van der Waals surface area contributed by atoms with E-state index in [1.165, 1.54) is 17.0 Å². The number of benzene rings is 1. The summed E-state index contributed by atoms with van der Waals surface area (Å²) >= 11 is 0. The van der Waals surface area contributed by atoms with Crippen molar-refractivity contribution in [2.75, 3.05) is 39.8 Å². The maximum absolute atomic E-state index is 13.5. The zero-order valence-corrected chi connectivity index (χ0v) is 21.4. The molecule has 0 aliphatic carbocycles. The fourth-order valence-electron chi connectivity index (χ4n) is 4.39. The number of halogens is 1. The van der Waals surface area contributed by atoms with Crippen LogP contribution in [0.1, 0.15) is 46.2 Å². The zero-order chi connectivity index (χ0) is 25.9. The van der Waals surface area contributed by atoms with E-state index in [4.69, 9.17) is 4.74 Å². The molecule has 2 aliphatic heterocycles. The number of esters is 1. The van der Waals surface area contributed by atoms with Gasteiger partial charge in [0.2, 0.25) is 0 Å². The number of rotatable bonds is 5. The first kappa shape index (κ1) is 26.5. The van der Waals surface area contributed by atoms with Crippen LogP contribution in [0.4, 0.5) is 14.0 Å². The van der Waals surface area contributed by atoms with Crippen LogP contribution in [0.3, 0.4) is 0 Å². The minimum atomic E-state index is -0.760. The number of carbonyl (C=O) groups is 3. The average molecular weight is 490 g/mol. The van der Waals surface area contributed by atoms with E-state index < -0.39 is 17.8 Å². The third-order valence-corrected chi connectivity index (χ3v) is 6.10. The Labute approximate surface area is 206 Å². The van der Waals surface area contributed by atoms with Crippen molar-refractivity contribution >= 4 is 18.0 Å². The zero-order valence-electron chi connectivity index (χ0n) is 21.4. The van der Waals surface area contributed by atoms with E-state index in [2.05, 4.69) is 15.5 Å². The van der Waals surface area contributed by atoms with Crippen molar-refractivity contribution < 1.29 is 23.5 Å². The van der Waals surface area contributed by atoms with Gasteiger partial charge >= 0.3 is 18.0 Å². The summed E-state index contributed by atoms with van der Waals surface area (Å²) in [4.78, 5) is 44.0. The first-order valence-electron chi connectivity index (χ1n) is 11.9. The Bertz CT molecular complexity index is 989. The van der Waals surface area contributed by atoms with Gasteiger partial charge in [-0.15, -0.1) is 0 Å². The second kappa shape index (κ2) is 10.6. The summed E-state index contributed by atoms with van der Waals surface area (Å²) in [6.07, 6.45) is 0. The van der Waals surface area contributed by atoms with Gasteiger partial charge in [-0.3, -0.25) is 9.80 Å². The van der Waals surface area contributed by atoms with Crippen molar-refractivity contribution in [3.8, 4) is 0 Å². The van der Waals surface area contributed by atoms with Crippen LogP contribution in [0.5, 0.6) is 0 Å². The minimum Gasteiger partial charge on any atom is -0.463 e. The van der Waals surface area contributed by atoms with Gasteiger partial charge in [-0.2, -0.15) is 0 Å². The summed E-state index contributed by atoms with van der Waals surface area (Å²) in [5, 5.41) is 5.84. The second-order valence-corrected chi connectivity index (χ2v) is 10.0. The van der Waals surface area contributed by atoms with E-state index in [9.17, 15) is 18.8 Å². The van der Waals surface area contributed by atoms with E-state index in [1.54, 1.807) is 31.0 Å². The quantitative estimate of drug-likeness (QED) is 0.621. The lowest BCUT2D eigenvalue weighted by atomic mass is 9.94. The number of amides is 4. The molecule has 0 radical (unpaired) electrons. The van der Waals surface area contributed by atoms with Crippen molar-refractivity contribution in [3.63, 3.8) is 0 Å². The predicted octanol–water partition coefficient (Wildman–Crippen LogP) is 2.85. The molecule has 4 amide bonds. The van der Waals surface area contributed by atoms with Crippen LogP contribution in [0.2, 0.25) is 0 Å². The summed E-state index contributed by atoms with van der Waals surface area (Å²) in [5.74, 6) is -0.933. The molecule has 2 heterocycles. The highest BCUT2D eigenvalue weighted by Crippen LogP contribution is 2.32. The fraction of sp³-hybridized carbons (Fsp3) is 0.560. The Morgan fingerprint density at radius 3 is 2.43 bits per heavy atom. The molecule has 1 aromatic rings. The highest BCUT2D eigenvalue weighted by molar-refractivity contribution is 5.95. The Hall–Kier alpha value is -3.14. The Morgan fingerprint density at radius 2 is 1.86 bits per heavy atom. The topological polar surface area (TPSA) is 94.2 Å². The first-order chi connectivity index (χ1) is 16.4. The molecule has 35 heavy (non-hydrogen) atoms. The molecule has 2 aliphatic rings. The van der Waals surface area contributed by atoms with Crippen LogP contribution in [0.25, 0.3) is 0 Å². The molecule has 2 atom stereocenters. The third kappa shape index (κ3) is 6.30. The summed E-state index contributed by atoms with van der Waals surface area (Å²) in [6.45, 7) is 11.7. The molecule has 0 saturated carbocycles. The van der Waals surface area contributed by atoms with Crippen LogP contribution in [0.15, 0.2) is 35.5 Å². The number of nitrogens with one attached hydrogen (secondary N) is 2. The molecular weight excluding hydrogens is 453 g/mol. The number of ether oxygens (including phenoxy) is 1. The van der Waals surface area contributed by atoms with Gasteiger partial charge in [0.05, 0.1) is 18.2 Å². The van der Waals surface area contributed by atoms with Gasteiger partial charge in [0, 0.05) is 50.5 Å². The summed E-state index contributed by atoms with van der Waals surface area (Å²) in [7, 11) is 1.61. The number of likely N-dealkylation sites (N-methyl/N-ethyl adjacent to an activating group) is 1. The molecule has 1 aromatic carbocycles. The molecule has 3 rings (SSSR count). The summed E-state index contributed by atoms with van der Waals surface area (Å²) in [6, 6.07) is 4.41. The fourth-order valence-corrected chi connectivity index (χ4v) is 4.39. The van der Waals surface area contributed by atoms with Gasteiger partial charge < -0.3 is 20.3 Å². The molecule has 1 fully saturated rings. The number of nitrogens with zero attached hydrogens (tertiary/aromatic N) is 3. The molecule has 0 spiro atoms. The highest BCUT2D eigenvalue weighted by atomic mass is 19.1. The SMILES string of the molecule is CCOC(=O)C1=C(CN2CCN(C(=O)NC(C)(C)C)[C@H](C)C2)N(C)C(=O)N[C@H]1c1ccc(F)cc1. The van der Waals surface area contributed by atoms with Gasteiger partial charge in [-0.25, -0.2) is 18.8 Å². The smallest absolute Gasteiger partial charge is 0.338 e. The molecule has 0 bridgehead atoms. The first-order valence-corrected chi connectivity index (χ1v) is 11.9. The van der Waals surface area contributed by atoms with Crippen molar-refractivity contribution in [1.29, 1.82) is 0 Å². The lowest BCUT2D eigenvalue weighted by Gasteiger charge is -2.43. The molecular formula is C25H36FN5O4. The minimum absolute atomic E-state index is 0.0617. The maximum Gasteiger partial charge on any atom is 0.338 e. The van der Waals surface area contributed by atoms with Crippen molar-refractivity contribution in [3.05, 3.63) is 46.9 Å². The van der Waals surface area contributed by atoms with E-state index in [0.717, 1.165) is 0 Å². The van der Waals surface area contributed by atoms with E-state index in [0.29, 0.717) is 43.0 Å². The highest BCUT2D eigenvalue weighted by Gasteiger charge is 2.38. The van der Waals surface area contributed by atoms with E-state index >= 15 is 0 Å². The van der Waals surface area contributed by atoms with Crippen molar-refractivity contribution in [1.82, 2.24) is 25.3 Å². The lowest BCUT2D eigenvalue weighted by molar-refractivity contribution is -0.139. The molecule has 10 heteroatoms. The number of hydrogen-bond donors (Lipinski definition) is 2. The number of piperazine rings is 1. The normalized spacial score (nSPS) is 21.6. The van der Waals surface area contributed by atoms with Gasteiger partial charge in [-0.1, -0.05) is 12.1 Å². The summed E-state index contributed by atoms with van der Waals surface area (Å²) in [5.41, 5.74) is 1.11. The largest absolute Gasteiger partial charge is 0.463 e. The maximum atomic E-state index is 13.5. The number of urea groups is 2. The van der Waals surface area contributed by atoms with Crippen LogP contribution < -0.4 is 10.6 Å². The molecule has 192 valence electrons. The predicted molar refractivity (Wildman–Crippen MR) is 130 cm³/mol. The molecule has 9 nitrogen and oxygen atoms in total. The van der Waals surface area contributed by atoms with Crippen LogP contribution in [-0.2, 0) is 9.53 Å². The van der Waals surface area contributed by atoms with Gasteiger partial charge in [0.1, 0.15) is 5.82 Å². The monoisotopic (exact) mass is 489 g/mol. The number of hydrogen-bond acceptors (Lipinski definition) is 5. The average Bonchev–Trinajstić information content (AvgIpc) is 2.76. The van der Waals surface area contributed by atoms with Crippen molar-refractivity contribution in [2.24, 2.45) is 0 Å². The summed E-state index contributed by atoms with van der Waals surface area (Å²) < 4.78 is 18.9. The molecule has 0 aromatic heterocycles.